The van der Waals surface area contributed by atoms with Crippen molar-refractivity contribution in [1.82, 2.24) is 14.8 Å². The van der Waals surface area contributed by atoms with E-state index in [1.807, 2.05) is 29.8 Å². The van der Waals surface area contributed by atoms with Gasteiger partial charge in [-0.3, -0.25) is 4.79 Å². The molecule has 178 valence electrons. The third-order valence-corrected chi connectivity index (χ3v) is 8.53. The number of fused-ring (bicyclic) bond motifs is 2. The highest BCUT2D eigenvalue weighted by Gasteiger charge is 2.22. The van der Waals surface area contributed by atoms with Crippen LogP contribution in [0.4, 0.5) is 5.00 Å². The van der Waals surface area contributed by atoms with Gasteiger partial charge >= 0.3 is 0 Å². The number of nitrogens with one attached hydrogen (secondary N) is 1. The summed E-state index contributed by atoms with van der Waals surface area (Å²) in [7, 11) is 1.87. The summed E-state index contributed by atoms with van der Waals surface area (Å²) in [5, 5.41) is 24.7. The molecule has 0 saturated heterocycles. The van der Waals surface area contributed by atoms with Crippen molar-refractivity contribution in [1.29, 1.82) is 5.26 Å². The summed E-state index contributed by atoms with van der Waals surface area (Å²) in [5.41, 5.74) is 2.83. The molecule has 0 radical (unpaired) electrons. The lowest BCUT2D eigenvalue weighted by Gasteiger charge is -2.11. The van der Waals surface area contributed by atoms with Crippen LogP contribution in [-0.4, -0.2) is 26.4 Å². The van der Waals surface area contributed by atoms with E-state index in [9.17, 15) is 10.1 Å². The van der Waals surface area contributed by atoms with Gasteiger partial charge in [0.2, 0.25) is 5.91 Å². The number of hydrogen-bond acceptors (Lipinski definition) is 7. The molecule has 1 N–H and O–H groups in total. The summed E-state index contributed by atoms with van der Waals surface area (Å²) in [6.45, 7) is 2.33. The molecule has 4 aromatic rings. The Labute approximate surface area is 212 Å². The fourth-order valence-electron chi connectivity index (χ4n) is 4.37. The number of nitrogens with zero attached hydrogens (tertiary/aromatic N) is 4. The lowest BCUT2D eigenvalue weighted by Crippen LogP contribution is -2.14. The molecule has 1 amide bonds. The minimum atomic E-state index is -0.155. The molecule has 9 heteroatoms. The molecule has 0 unspecified atom stereocenters. The zero-order valence-electron chi connectivity index (χ0n) is 19.6. The van der Waals surface area contributed by atoms with Gasteiger partial charge in [-0.05, 0) is 60.6 Å². The van der Waals surface area contributed by atoms with Gasteiger partial charge in [0.25, 0.3) is 0 Å². The number of hydrogen-bond donors (Lipinski definition) is 1. The normalized spacial score (nSPS) is 12.8. The first-order valence-electron chi connectivity index (χ1n) is 11.5. The monoisotopic (exact) mass is 503 g/mol. The van der Waals surface area contributed by atoms with Crippen molar-refractivity contribution >= 4 is 44.8 Å². The number of benzene rings is 2. The number of thioether (sulfide) groups is 1. The summed E-state index contributed by atoms with van der Waals surface area (Å²) in [4.78, 5) is 13.9. The third kappa shape index (κ3) is 4.77. The standard InChI is InChI=1S/C26H25N5O2S2/c1-16-18-8-4-3-7-17(18)11-12-21(16)33-14-23-29-30-26(31(23)2)34-15-24(32)28-25-20(13-27)19-9-5-6-10-22(19)35-25/h3-4,7-8,11-12H,5-6,9-10,14-15H2,1-2H3,(H,28,32). The molecule has 2 aromatic carbocycles. The smallest absolute Gasteiger partial charge is 0.235 e. The van der Waals surface area contributed by atoms with Gasteiger partial charge in [-0.1, -0.05) is 42.1 Å². The first-order chi connectivity index (χ1) is 17.0. The van der Waals surface area contributed by atoms with Crippen LogP contribution in [0.1, 0.15) is 40.2 Å². The quantitative estimate of drug-likeness (QED) is 0.340. The second kappa shape index (κ2) is 10.1. The van der Waals surface area contributed by atoms with Crippen LogP contribution in [0, 0.1) is 18.3 Å². The second-order valence-electron chi connectivity index (χ2n) is 8.52. The lowest BCUT2D eigenvalue weighted by molar-refractivity contribution is -0.113. The molecule has 0 atom stereocenters. The van der Waals surface area contributed by atoms with Crippen molar-refractivity contribution in [3.8, 4) is 11.8 Å². The molecule has 1 aliphatic carbocycles. The topological polar surface area (TPSA) is 92.8 Å². The molecule has 5 rings (SSSR count). The molecule has 2 heterocycles. The zero-order chi connectivity index (χ0) is 24.4. The molecule has 0 aliphatic heterocycles. The van der Waals surface area contributed by atoms with Gasteiger partial charge in [0.15, 0.2) is 11.0 Å². The van der Waals surface area contributed by atoms with Crippen LogP contribution >= 0.6 is 23.1 Å². The van der Waals surface area contributed by atoms with E-state index >= 15 is 0 Å². The molecule has 0 bridgehead atoms. The zero-order valence-corrected chi connectivity index (χ0v) is 21.3. The van der Waals surface area contributed by atoms with E-state index in [2.05, 4.69) is 46.7 Å². The Morgan fingerprint density at radius 1 is 1.23 bits per heavy atom. The Kier molecular flexibility index (Phi) is 6.75. The molecular weight excluding hydrogens is 478 g/mol. The lowest BCUT2D eigenvalue weighted by atomic mass is 9.96. The predicted molar refractivity (Wildman–Crippen MR) is 139 cm³/mol. The van der Waals surface area contributed by atoms with Crippen molar-refractivity contribution in [2.24, 2.45) is 7.05 Å². The second-order valence-corrected chi connectivity index (χ2v) is 10.6. The van der Waals surface area contributed by atoms with Crippen LogP contribution in [0.15, 0.2) is 41.6 Å². The van der Waals surface area contributed by atoms with E-state index in [1.54, 1.807) is 0 Å². The summed E-state index contributed by atoms with van der Waals surface area (Å²) in [6.07, 6.45) is 4.14. The van der Waals surface area contributed by atoms with Gasteiger partial charge in [0.05, 0.1) is 11.3 Å². The fraction of sp³-hybridized carbons (Fsp3) is 0.308. The van der Waals surface area contributed by atoms with Gasteiger partial charge in [-0.2, -0.15) is 5.26 Å². The number of aromatic nitrogens is 3. The van der Waals surface area contributed by atoms with E-state index < -0.39 is 0 Å². The van der Waals surface area contributed by atoms with Crippen molar-refractivity contribution < 1.29 is 9.53 Å². The summed E-state index contributed by atoms with van der Waals surface area (Å²) >= 11 is 2.85. The van der Waals surface area contributed by atoms with Crippen LogP contribution in [0.25, 0.3) is 10.8 Å². The van der Waals surface area contributed by atoms with Gasteiger partial charge in [-0.15, -0.1) is 21.5 Å². The minimum Gasteiger partial charge on any atom is -0.485 e. The number of carbonyl (C=O) groups is 1. The SMILES string of the molecule is Cc1c(OCc2nnc(SCC(=O)Nc3sc4c(c3C#N)CCCC4)n2C)ccc2ccccc12. The van der Waals surface area contributed by atoms with Crippen LogP contribution in [0.3, 0.4) is 0 Å². The molecule has 0 saturated carbocycles. The van der Waals surface area contributed by atoms with Crippen molar-refractivity contribution in [3.05, 3.63) is 63.8 Å². The largest absolute Gasteiger partial charge is 0.485 e. The number of anilines is 1. The number of amides is 1. The third-order valence-electron chi connectivity index (χ3n) is 6.30. The highest BCUT2D eigenvalue weighted by molar-refractivity contribution is 7.99. The molecule has 2 aromatic heterocycles. The predicted octanol–water partition coefficient (Wildman–Crippen LogP) is 5.40. The van der Waals surface area contributed by atoms with Gasteiger partial charge in [0.1, 0.15) is 23.4 Å². The number of ether oxygens (including phenoxy) is 1. The first kappa shape index (κ1) is 23.4. The van der Waals surface area contributed by atoms with Crippen LogP contribution in [-0.2, 0) is 31.3 Å². The van der Waals surface area contributed by atoms with E-state index in [1.165, 1.54) is 33.4 Å². The maximum Gasteiger partial charge on any atom is 0.235 e. The van der Waals surface area contributed by atoms with Gasteiger partial charge in [0, 0.05) is 11.9 Å². The van der Waals surface area contributed by atoms with E-state index in [0.29, 0.717) is 21.5 Å². The van der Waals surface area contributed by atoms with Gasteiger partial charge < -0.3 is 14.6 Å². The minimum absolute atomic E-state index is 0.155. The Hall–Kier alpha value is -3.35. The molecule has 7 nitrogen and oxygen atoms in total. The Balaban J connectivity index is 1.20. The summed E-state index contributed by atoms with van der Waals surface area (Å²) < 4.78 is 7.90. The Morgan fingerprint density at radius 3 is 2.91 bits per heavy atom. The molecule has 1 aliphatic rings. The Bertz CT molecular complexity index is 1450. The Morgan fingerprint density at radius 2 is 2.06 bits per heavy atom. The highest BCUT2D eigenvalue weighted by Crippen LogP contribution is 2.37. The number of nitriles is 1. The van der Waals surface area contributed by atoms with E-state index in [4.69, 9.17) is 4.74 Å². The maximum absolute atomic E-state index is 12.6. The molecule has 35 heavy (non-hydrogen) atoms. The first-order valence-corrected chi connectivity index (χ1v) is 13.3. The van der Waals surface area contributed by atoms with Crippen LogP contribution in [0.2, 0.25) is 0 Å². The van der Waals surface area contributed by atoms with Crippen LogP contribution in [0.5, 0.6) is 5.75 Å². The number of aryl methyl sites for hydroxylation is 2. The fourth-order valence-corrected chi connectivity index (χ4v) is 6.35. The van der Waals surface area contributed by atoms with Gasteiger partial charge in [-0.25, -0.2) is 0 Å². The number of rotatable bonds is 7. The summed E-state index contributed by atoms with van der Waals surface area (Å²) in [5.74, 6) is 1.52. The average Bonchev–Trinajstić information content (AvgIpc) is 3.41. The maximum atomic E-state index is 12.6. The average molecular weight is 504 g/mol. The molecule has 0 fully saturated rings. The molecule has 0 spiro atoms. The molecular formula is C26H25N5O2S2. The number of carbonyl (C=O) groups excluding carboxylic acids is 1. The van der Waals surface area contributed by atoms with Crippen molar-refractivity contribution in [2.75, 3.05) is 11.1 Å². The van der Waals surface area contributed by atoms with Crippen LogP contribution < -0.4 is 10.1 Å². The van der Waals surface area contributed by atoms with Crippen molar-refractivity contribution in [2.45, 2.75) is 44.4 Å². The number of thiophene rings is 1. The van der Waals surface area contributed by atoms with E-state index in [-0.39, 0.29) is 18.3 Å². The summed E-state index contributed by atoms with van der Waals surface area (Å²) in [6, 6.07) is 14.5. The van der Waals surface area contributed by atoms with Crippen molar-refractivity contribution in [3.63, 3.8) is 0 Å². The van der Waals surface area contributed by atoms with E-state index in [0.717, 1.165) is 47.9 Å². The highest BCUT2D eigenvalue weighted by atomic mass is 32.2.